The summed E-state index contributed by atoms with van der Waals surface area (Å²) in [5, 5.41) is 14.1. The normalized spacial score (nSPS) is 46.5. The molecular weight excluding hydrogens is 414 g/mol. The molecule has 32 heavy (non-hydrogen) atoms. The lowest BCUT2D eigenvalue weighted by Crippen LogP contribution is -2.58. The van der Waals surface area contributed by atoms with Crippen LogP contribution in [0.2, 0.25) is 0 Å². The SMILES string of the molecule is CC[C@H]1OC(=O)[C@H](C)C(=O)[C@H](C)[C@@H](C)[C@](C)(OC)C[C@@H](C)C(O)[C@H](C)[C@H]2NC(=O)O[C@@]21C. The van der Waals surface area contributed by atoms with Gasteiger partial charge in [0.2, 0.25) is 0 Å². The van der Waals surface area contributed by atoms with E-state index in [4.69, 9.17) is 14.2 Å². The Hall–Kier alpha value is -1.67. The van der Waals surface area contributed by atoms with Crippen molar-refractivity contribution in [1.82, 2.24) is 5.32 Å². The van der Waals surface area contributed by atoms with Gasteiger partial charge in [0.25, 0.3) is 0 Å². The molecule has 2 saturated heterocycles. The van der Waals surface area contributed by atoms with Crippen LogP contribution in [0, 0.1) is 29.6 Å². The molecule has 0 aromatic carbocycles. The Labute approximate surface area is 191 Å². The third-order valence-corrected chi connectivity index (χ3v) is 8.26. The molecule has 1 amide bonds. The van der Waals surface area contributed by atoms with Gasteiger partial charge in [-0.3, -0.25) is 9.59 Å². The van der Waals surface area contributed by atoms with E-state index in [-0.39, 0.29) is 23.5 Å². The molecule has 0 saturated carbocycles. The molecule has 2 aliphatic rings. The Morgan fingerprint density at radius 3 is 2.25 bits per heavy atom. The van der Waals surface area contributed by atoms with Gasteiger partial charge in [-0.25, -0.2) is 4.79 Å². The number of aliphatic hydroxyl groups is 1. The van der Waals surface area contributed by atoms with E-state index in [1.807, 2.05) is 34.6 Å². The van der Waals surface area contributed by atoms with Gasteiger partial charge in [0.05, 0.1) is 17.7 Å². The molecule has 0 bridgehead atoms. The lowest BCUT2D eigenvalue weighted by molar-refractivity contribution is -0.173. The molecule has 8 nitrogen and oxygen atoms in total. The van der Waals surface area contributed by atoms with Gasteiger partial charge < -0.3 is 24.6 Å². The van der Waals surface area contributed by atoms with Crippen molar-refractivity contribution in [3.8, 4) is 0 Å². The first kappa shape index (κ1) is 26.6. The Balaban J connectivity index is 2.56. The maximum Gasteiger partial charge on any atom is 0.408 e. The van der Waals surface area contributed by atoms with Crippen molar-refractivity contribution in [2.45, 2.75) is 97.7 Å². The third kappa shape index (κ3) is 4.67. The molecule has 2 N–H and O–H groups in total. The second kappa shape index (κ2) is 9.67. The summed E-state index contributed by atoms with van der Waals surface area (Å²) in [5.74, 6) is -3.05. The molecule has 0 radical (unpaired) electrons. The molecular formula is C24H41NO7. The molecule has 1 unspecified atom stereocenters. The highest BCUT2D eigenvalue weighted by atomic mass is 16.6. The molecule has 2 aliphatic heterocycles. The van der Waals surface area contributed by atoms with Gasteiger partial charge in [0.15, 0.2) is 5.60 Å². The number of cyclic esters (lactones) is 1. The van der Waals surface area contributed by atoms with E-state index in [1.54, 1.807) is 27.9 Å². The van der Waals surface area contributed by atoms with Gasteiger partial charge in [-0.2, -0.15) is 0 Å². The van der Waals surface area contributed by atoms with Crippen LogP contribution in [0.3, 0.4) is 0 Å². The summed E-state index contributed by atoms with van der Waals surface area (Å²) in [4.78, 5) is 38.4. The molecule has 8 heteroatoms. The van der Waals surface area contributed by atoms with Crippen LogP contribution >= 0.6 is 0 Å². The van der Waals surface area contributed by atoms with Gasteiger partial charge in [-0.1, -0.05) is 34.6 Å². The number of Topliss-reactive ketones (excluding diaryl/α,β-unsaturated/α-hetero) is 1. The third-order valence-electron chi connectivity index (χ3n) is 8.26. The summed E-state index contributed by atoms with van der Waals surface area (Å²) in [5.41, 5.74) is -1.88. The number of esters is 1. The number of methoxy groups -OCH3 is 1. The molecule has 10 atom stereocenters. The second-order valence-corrected chi connectivity index (χ2v) is 10.3. The topological polar surface area (TPSA) is 111 Å². The number of carbonyl (C=O) groups excluding carboxylic acids is 3. The first-order chi connectivity index (χ1) is 14.7. The fraction of sp³-hybridized carbons (Fsp3) is 0.875. The van der Waals surface area contributed by atoms with Crippen LogP contribution < -0.4 is 5.32 Å². The minimum absolute atomic E-state index is 0.190. The zero-order valence-electron chi connectivity index (χ0n) is 20.9. The van der Waals surface area contributed by atoms with E-state index in [9.17, 15) is 19.5 Å². The lowest BCUT2D eigenvalue weighted by atomic mass is 9.70. The molecule has 2 rings (SSSR count). The monoisotopic (exact) mass is 455 g/mol. The van der Waals surface area contributed by atoms with Gasteiger partial charge in [0.1, 0.15) is 17.8 Å². The fourth-order valence-electron chi connectivity index (χ4n) is 5.55. The van der Waals surface area contributed by atoms with Crippen molar-refractivity contribution >= 4 is 17.8 Å². The standard InChI is InChI=1S/C24H41NO7/c1-10-17-24(8)20(25-22(29)32-24)14(4)18(26)12(2)11-23(7,30-9)16(6)13(3)19(27)15(5)21(28)31-17/h12-18,20,26H,10-11H2,1-9H3,(H,25,29)/t12-,13-,14+,15-,16-,17-,18?,20-,23-,24-/m1/s1. The number of carbonyl (C=O) groups is 3. The molecule has 184 valence electrons. The van der Waals surface area contributed by atoms with Crippen LogP contribution in [0.5, 0.6) is 0 Å². The van der Waals surface area contributed by atoms with Crippen molar-refractivity contribution in [3.63, 3.8) is 0 Å². The minimum atomic E-state index is -1.18. The largest absolute Gasteiger partial charge is 0.458 e. The minimum Gasteiger partial charge on any atom is -0.458 e. The number of amides is 1. The summed E-state index contributed by atoms with van der Waals surface area (Å²) in [6.07, 6.45) is -1.28. The smallest absolute Gasteiger partial charge is 0.408 e. The van der Waals surface area contributed by atoms with Crippen LogP contribution in [-0.4, -0.2) is 59.5 Å². The average molecular weight is 456 g/mol. The Bertz CT molecular complexity index is 727. The van der Waals surface area contributed by atoms with Gasteiger partial charge >= 0.3 is 12.1 Å². The van der Waals surface area contributed by atoms with Crippen molar-refractivity contribution in [2.24, 2.45) is 29.6 Å². The predicted molar refractivity (Wildman–Crippen MR) is 119 cm³/mol. The molecule has 2 fully saturated rings. The van der Waals surface area contributed by atoms with E-state index < -0.39 is 53.4 Å². The quantitative estimate of drug-likeness (QED) is 0.486. The Kier molecular flexibility index (Phi) is 8.04. The maximum absolute atomic E-state index is 13.2. The number of ketones is 1. The van der Waals surface area contributed by atoms with E-state index in [0.29, 0.717) is 12.8 Å². The number of alkyl carbamates (subject to hydrolysis) is 1. The summed E-state index contributed by atoms with van der Waals surface area (Å²) in [6, 6.07) is -0.579. The van der Waals surface area contributed by atoms with Gasteiger partial charge in [-0.15, -0.1) is 0 Å². The number of hydrogen-bond donors (Lipinski definition) is 2. The summed E-state index contributed by atoms with van der Waals surface area (Å²) in [7, 11) is 1.60. The van der Waals surface area contributed by atoms with Crippen LogP contribution in [0.15, 0.2) is 0 Å². The molecule has 0 spiro atoms. The van der Waals surface area contributed by atoms with Crippen LogP contribution in [0.25, 0.3) is 0 Å². The second-order valence-electron chi connectivity index (χ2n) is 10.3. The van der Waals surface area contributed by atoms with E-state index in [2.05, 4.69) is 5.32 Å². The lowest BCUT2D eigenvalue weighted by Gasteiger charge is -2.44. The average Bonchev–Trinajstić information content (AvgIpc) is 3.07. The van der Waals surface area contributed by atoms with Crippen molar-refractivity contribution in [3.05, 3.63) is 0 Å². The van der Waals surface area contributed by atoms with Crippen LogP contribution in [0.4, 0.5) is 4.79 Å². The number of aliphatic hydroxyl groups excluding tert-OH is 1. The summed E-state index contributed by atoms with van der Waals surface area (Å²) < 4.78 is 17.3. The maximum atomic E-state index is 13.2. The molecule has 0 aliphatic carbocycles. The molecule has 2 heterocycles. The zero-order valence-corrected chi connectivity index (χ0v) is 20.9. The van der Waals surface area contributed by atoms with Crippen molar-refractivity contribution < 1.29 is 33.7 Å². The number of fused-ring (bicyclic) bond motifs is 1. The van der Waals surface area contributed by atoms with E-state index in [1.165, 1.54) is 0 Å². The van der Waals surface area contributed by atoms with Crippen LogP contribution in [0.1, 0.15) is 68.2 Å². The Morgan fingerprint density at radius 2 is 1.72 bits per heavy atom. The predicted octanol–water partition coefficient (Wildman–Crippen LogP) is 3.09. The summed E-state index contributed by atoms with van der Waals surface area (Å²) in [6.45, 7) is 14.6. The Morgan fingerprint density at radius 1 is 1.12 bits per heavy atom. The van der Waals surface area contributed by atoms with Gasteiger partial charge in [-0.05, 0) is 45.4 Å². The van der Waals surface area contributed by atoms with Gasteiger partial charge in [0, 0.05) is 18.9 Å². The molecule has 0 aromatic heterocycles. The first-order valence-electron chi connectivity index (χ1n) is 11.7. The molecule has 0 aromatic rings. The van der Waals surface area contributed by atoms with Crippen molar-refractivity contribution in [1.29, 1.82) is 0 Å². The van der Waals surface area contributed by atoms with Crippen molar-refractivity contribution in [2.75, 3.05) is 7.11 Å². The highest BCUT2D eigenvalue weighted by Gasteiger charge is 2.56. The number of hydrogen-bond acceptors (Lipinski definition) is 7. The van der Waals surface area contributed by atoms with Crippen LogP contribution in [-0.2, 0) is 23.8 Å². The number of rotatable bonds is 2. The zero-order chi connectivity index (χ0) is 24.6. The number of nitrogens with one attached hydrogen (secondary N) is 1. The van der Waals surface area contributed by atoms with E-state index >= 15 is 0 Å². The first-order valence-corrected chi connectivity index (χ1v) is 11.7. The van der Waals surface area contributed by atoms with E-state index in [0.717, 1.165) is 0 Å². The number of ether oxygens (including phenoxy) is 3. The highest BCUT2D eigenvalue weighted by Crippen LogP contribution is 2.40. The highest BCUT2D eigenvalue weighted by molar-refractivity contribution is 5.99. The summed E-state index contributed by atoms with van der Waals surface area (Å²) >= 11 is 0. The fourth-order valence-corrected chi connectivity index (χ4v) is 5.55.